The zero-order chi connectivity index (χ0) is 36.4. The molecule has 256 valence electrons. The standard InChI is InChI=1S/C36H18BrCl2F3N2O5S2/c37-20-6-1-17(2-7-20)24-15-50-33(43-31(45)19-5-12-27(41)28(42)13-19)29(24)35(47)49-36(48)30-25(18-3-8-21(38)9-4-18)16-51-34(30)44-32(46)23-11-10-22(40)14-26(23)39/h1-16H,(H,43,45)(H,44,46). The molecule has 0 saturated carbocycles. The zero-order valence-corrected chi connectivity index (χ0v) is 30.1. The smallest absolute Gasteiger partial charge is 0.349 e. The zero-order valence-electron chi connectivity index (χ0n) is 25.4. The molecule has 6 rings (SSSR count). The Kier molecular flexibility index (Phi) is 10.7. The van der Waals surface area contributed by atoms with Crippen molar-refractivity contribution in [3.63, 3.8) is 0 Å². The molecule has 2 aromatic heterocycles. The van der Waals surface area contributed by atoms with Crippen molar-refractivity contribution in [1.82, 2.24) is 0 Å². The van der Waals surface area contributed by atoms with E-state index in [1.54, 1.807) is 59.3 Å². The number of benzene rings is 4. The van der Waals surface area contributed by atoms with Crippen molar-refractivity contribution in [2.45, 2.75) is 0 Å². The van der Waals surface area contributed by atoms with Crippen LogP contribution in [0.15, 0.2) is 100 Å². The fourth-order valence-electron chi connectivity index (χ4n) is 4.83. The number of carbonyl (C=O) groups is 4. The number of halogens is 6. The first-order valence-corrected chi connectivity index (χ1v) is 17.7. The van der Waals surface area contributed by atoms with Crippen molar-refractivity contribution in [2.24, 2.45) is 0 Å². The minimum atomic E-state index is -1.24. The molecule has 0 aliphatic rings. The summed E-state index contributed by atoms with van der Waals surface area (Å²) in [6.45, 7) is 0. The Balaban J connectivity index is 1.37. The highest BCUT2D eigenvalue weighted by molar-refractivity contribution is 9.10. The summed E-state index contributed by atoms with van der Waals surface area (Å²) < 4.78 is 47.3. The molecular formula is C36H18BrCl2F3N2O5S2. The average molecular weight is 830 g/mol. The van der Waals surface area contributed by atoms with E-state index >= 15 is 0 Å². The number of anilines is 2. The van der Waals surface area contributed by atoms with Crippen LogP contribution in [0, 0.1) is 17.5 Å². The van der Waals surface area contributed by atoms with E-state index in [2.05, 4.69) is 26.6 Å². The van der Waals surface area contributed by atoms with Gasteiger partial charge >= 0.3 is 11.9 Å². The molecule has 6 aromatic rings. The predicted molar refractivity (Wildman–Crippen MR) is 196 cm³/mol. The van der Waals surface area contributed by atoms with Crippen molar-refractivity contribution in [1.29, 1.82) is 0 Å². The lowest BCUT2D eigenvalue weighted by Gasteiger charge is -2.12. The second kappa shape index (κ2) is 15.2. The van der Waals surface area contributed by atoms with E-state index in [4.69, 9.17) is 27.9 Å². The summed E-state index contributed by atoms with van der Waals surface area (Å²) in [6, 6.07) is 19.0. The van der Waals surface area contributed by atoms with Crippen molar-refractivity contribution in [3.8, 4) is 22.3 Å². The minimum absolute atomic E-state index is 0.00606. The number of amides is 2. The number of thiophene rings is 2. The fraction of sp³-hybridized carbons (Fsp3) is 0. The molecule has 7 nitrogen and oxygen atoms in total. The molecule has 0 fully saturated rings. The number of nitrogens with one attached hydrogen (secondary N) is 2. The Labute approximate surface area is 313 Å². The summed E-state index contributed by atoms with van der Waals surface area (Å²) >= 11 is 17.4. The quantitative estimate of drug-likeness (QED) is 0.117. The molecule has 2 heterocycles. The van der Waals surface area contributed by atoms with Gasteiger partial charge in [-0.05, 0) is 71.8 Å². The highest BCUT2D eigenvalue weighted by atomic mass is 79.9. The van der Waals surface area contributed by atoms with Crippen LogP contribution in [0.3, 0.4) is 0 Å². The second-order valence-corrected chi connectivity index (χ2v) is 14.1. The molecule has 0 atom stereocenters. The highest BCUT2D eigenvalue weighted by Gasteiger charge is 2.30. The van der Waals surface area contributed by atoms with Gasteiger partial charge < -0.3 is 15.4 Å². The van der Waals surface area contributed by atoms with Crippen LogP contribution in [-0.2, 0) is 4.74 Å². The van der Waals surface area contributed by atoms with Gasteiger partial charge in [-0.3, -0.25) is 9.59 Å². The molecule has 0 aliphatic carbocycles. The van der Waals surface area contributed by atoms with Crippen LogP contribution in [0.5, 0.6) is 0 Å². The number of hydrogen-bond acceptors (Lipinski definition) is 7. The Morgan fingerprint density at radius 2 is 1.20 bits per heavy atom. The molecule has 0 radical (unpaired) electrons. The van der Waals surface area contributed by atoms with Crippen LogP contribution in [0.25, 0.3) is 22.3 Å². The van der Waals surface area contributed by atoms with Crippen LogP contribution >= 0.6 is 61.8 Å². The molecule has 51 heavy (non-hydrogen) atoms. The first kappa shape index (κ1) is 36.0. The Hall–Kier alpha value is -4.79. The van der Waals surface area contributed by atoms with E-state index in [-0.39, 0.29) is 37.3 Å². The van der Waals surface area contributed by atoms with Crippen LogP contribution in [0.4, 0.5) is 23.2 Å². The molecule has 2 N–H and O–H groups in total. The summed E-state index contributed by atoms with van der Waals surface area (Å²) in [5, 5.41) is 8.47. The molecule has 0 saturated heterocycles. The summed E-state index contributed by atoms with van der Waals surface area (Å²) in [5.74, 6) is -6.98. The molecule has 2 amide bonds. The van der Waals surface area contributed by atoms with Gasteiger partial charge in [0.05, 0.1) is 10.6 Å². The van der Waals surface area contributed by atoms with Gasteiger partial charge in [-0.25, -0.2) is 22.8 Å². The van der Waals surface area contributed by atoms with E-state index in [0.29, 0.717) is 33.3 Å². The summed E-state index contributed by atoms with van der Waals surface area (Å²) in [7, 11) is 0. The first-order valence-electron chi connectivity index (χ1n) is 14.4. The van der Waals surface area contributed by atoms with Gasteiger partial charge in [-0.15, -0.1) is 22.7 Å². The summed E-state index contributed by atoms with van der Waals surface area (Å²) in [5.41, 5.74) is 0.941. The lowest BCUT2D eigenvalue weighted by atomic mass is 10.0. The largest absolute Gasteiger partial charge is 0.386 e. The van der Waals surface area contributed by atoms with E-state index in [9.17, 15) is 32.3 Å². The third-order valence-corrected chi connectivity index (χ3v) is 10.2. The molecule has 0 aliphatic heterocycles. The van der Waals surface area contributed by atoms with Gasteiger partial charge in [0.15, 0.2) is 11.6 Å². The van der Waals surface area contributed by atoms with Gasteiger partial charge in [0.1, 0.15) is 26.9 Å². The first-order chi connectivity index (χ1) is 24.4. The number of hydrogen-bond donors (Lipinski definition) is 2. The van der Waals surface area contributed by atoms with E-state index in [1.807, 2.05) is 0 Å². The lowest BCUT2D eigenvalue weighted by Crippen LogP contribution is -2.19. The van der Waals surface area contributed by atoms with Gasteiger partial charge in [0, 0.05) is 36.9 Å². The molecule has 0 unspecified atom stereocenters. The van der Waals surface area contributed by atoms with Crippen molar-refractivity contribution < 1.29 is 37.1 Å². The van der Waals surface area contributed by atoms with Crippen LogP contribution in [0.1, 0.15) is 41.4 Å². The van der Waals surface area contributed by atoms with E-state index in [1.165, 1.54) is 6.07 Å². The van der Waals surface area contributed by atoms with Gasteiger partial charge in [-0.1, -0.05) is 63.4 Å². The van der Waals surface area contributed by atoms with E-state index < -0.39 is 41.2 Å². The number of rotatable bonds is 8. The normalized spacial score (nSPS) is 10.9. The van der Waals surface area contributed by atoms with Gasteiger partial charge in [0.2, 0.25) is 0 Å². The maximum Gasteiger partial charge on any atom is 0.349 e. The third kappa shape index (κ3) is 7.92. The Morgan fingerprint density at radius 1 is 0.647 bits per heavy atom. The molecular weight excluding hydrogens is 812 g/mol. The topological polar surface area (TPSA) is 102 Å². The highest BCUT2D eigenvalue weighted by Crippen LogP contribution is 2.40. The Morgan fingerprint density at radius 3 is 1.75 bits per heavy atom. The van der Waals surface area contributed by atoms with Crippen LogP contribution in [-0.4, -0.2) is 23.8 Å². The van der Waals surface area contributed by atoms with Crippen LogP contribution in [0.2, 0.25) is 10.0 Å². The molecule has 4 aromatic carbocycles. The predicted octanol–water partition coefficient (Wildman–Crippen LogP) is 11.1. The van der Waals surface area contributed by atoms with Crippen molar-refractivity contribution in [3.05, 3.63) is 150 Å². The maximum absolute atomic E-state index is 14.0. The molecule has 15 heteroatoms. The van der Waals surface area contributed by atoms with Crippen molar-refractivity contribution in [2.75, 3.05) is 10.6 Å². The number of ether oxygens (including phenoxy) is 1. The SMILES string of the molecule is O=C(Nc1scc(-c2ccc(Br)cc2)c1C(=O)OC(=O)c1c(-c2ccc(Cl)cc2)csc1NC(=O)c1ccc(F)cc1Cl)c1ccc(F)c(F)c1. The molecule has 0 spiro atoms. The number of carbonyl (C=O) groups excluding carboxylic acids is 4. The van der Waals surface area contributed by atoms with Gasteiger partial charge in [-0.2, -0.15) is 0 Å². The van der Waals surface area contributed by atoms with Gasteiger partial charge in [0.25, 0.3) is 11.8 Å². The Bertz CT molecular complexity index is 2350. The average Bonchev–Trinajstić information content (AvgIpc) is 3.71. The summed E-state index contributed by atoms with van der Waals surface area (Å²) in [4.78, 5) is 54.3. The molecule has 0 bridgehead atoms. The lowest BCUT2D eigenvalue weighted by molar-refractivity contribution is 0.0401. The monoisotopic (exact) mass is 828 g/mol. The number of esters is 2. The fourth-order valence-corrected chi connectivity index (χ4v) is 7.38. The minimum Gasteiger partial charge on any atom is -0.386 e. The van der Waals surface area contributed by atoms with E-state index in [0.717, 1.165) is 51.4 Å². The van der Waals surface area contributed by atoms with Crippen molar-refractivity contribution >= 4 is 95.6 Å². The summed E-state index contributed by atoms with van der Waals surface area (Å²) in [6.07, 6.45) is 0. The maximum atomic E-state index is 14.0. The third-order valence-electron chi connectivity index (χ3n) is 7.30. The van der Waals surface area contributed by atoms with Crippen LogP contribution < -0.4 is 10.6 Å². The second-order valence-electron chi connectivity index (χ2n) is 10.6.